The molecule has 154 valence electrons. The summed E-state index contributed by atoms with van der Waals surface area (Å²) in [4.78, 5) is 19.8. The van der Waals surface area contributed by atoms with Crippen molar-refractivity contribution in [3.05, 3.63) is 89.5 Å². The fourth-order valence-corrected chi connectivity index (χ4v) is 4.99. The average molecular weight is 400 g/mol. The van der Waals surface area contributed by atoms with Crippen molar-refractivity contribution in [3.63, 3.8) is 0 Å². The number of aromatic nitrogens is 2. The zero-order chi connectivity index (χ0) is 20.3. The zero-order valence-electron chi connectivity index (χ0n) is 17.4. The van der Waals surface area contributed by atoms with Crippen molar-refractivity contribution < 1.29 is 4.79 Å². The number of amides is 1. The van der Waals surface area contributed by atoms with Crippen molar-refractivity contribution in [1.29, 1.82) is 0 Å². The van der Waals surface area contributed by atoms with Gasteiger partial charge in [0.15, 0.2) is 0 Å². The summed E-state index contributed by atoms with van der Waals surface area (Å²) in [6.45, 7) is 2.59. The van der Waals surface area contributed by atoms with Crippen LogP contribution in [-0.4, -0.2) is 33.4 Å². The second-order valence-corrected chi connectivity index (χ2v) is 8.77. The topological polar surface area (TPSA) is 38.1 Å². The SMILES string of the molecule is O=C(c1cn2c(n1)CC[C@H](c1ccccc1)C2)N1CCC(Cc2ccccc2)CC1. The number of fused-ring (bicyclic) bond motifs is 1. The van der Waals surface area contributed by atoms with Gasteiger partial charge in [-0.2, -0.15) is 0 Å². The molecule has 2 aliphatic rings. The van der Waals surface area contributed by atoms with Gasteiger partial charge in [0.2, 0.25) is 0 Å². The molecular formula is C26H29N3O. The van der Waals surface area contributed by atoms with E-state index >= 15 is 0 Å². The molecule has 0 saturated carbocycles. The molecule has 0 radical (unpaired) electrons. The van der Waals surface area contributed by atoms with Crippen LogP contribution in [-0.2, 0) is 19.4 Å². The fraction of sp³-hybridized carbons (Fsp3) is 0.385. The van der Waals surface area contributed by atoms with Gasteiger partial charge in [0.25, 0.3) is 5.91 Å². The van der Waals surface area contributed by atoms with Crippen LogP contribution in [0.15, 0.2) is 66.9 Å². The molecule has 2 aliphatic heterocycles. The van der Waals surface area contributed by atoms with Crippen molar-refractivity contribution in [2.24, 2.45) is 5.92 Å². The lowest BCUT2D eigenvalue weighted by molar-refractivity contribution is 0.0685. The number of aryl methyl sites for hydroxylation is 1. The maximum atomic E-state index is 13.1. The van der Waals surface area contributed by atoms with E-state index in [9.17, 15) is 4.79 Å². The molecule has 0 spiro atoms. The monoisotopic (exact) mass is 399 g/mol. The van der Waals surface area contributed by atoms with E-state index in [2.05, 4.69) is 65.2 Å². The lowest BCUT2D eigenvalue weighted by Gasteiger charge is -2.31. The van der Waals surface area contributed by atoms with Gasteiger partial charge in [-0.3, -0.25) is 4.79 Å². The third-order valence-electron chi connectivity index (χ3n) is 6.75. The molecule has 30 heavy (non-hydrogen) atoms. The highest BCUT2D eigenvalue weighted by Gasteiger charge is 2.28. The molecule has 0 bridgehead atoms. The summed E-state index contributed by atoms with van der Waals surface area (Å²) >= 11 is 0. The number of carbonyl (C=O) groups is 1. The van der Waals surface area contributed by atoms with Crippen molar-refractivity contribution in [1.82, 2.24) is 14.5 Å². The van der Waals surface area contributed by atoms with Gasteiger partial charge in [0.1, 0.15) is 11.5 Å². The summed E-state index contributed by atoms with van der Waals surface area (Å²) in [5.74, 6) is 2.33. The van der Waals surface area contributed by atoms with Crippen LogP contribution < -0.4 is 0 Å². The van der Waals surface area contributed by atoms with Gasteiger partial charge in [-0.25, -0.2) is 4.98 Å². The molecule has 1 saturated heterocycles. The van der Waals surface area contributed by atoms with Crippen LogP contribution in [0, 0.1) is 5.92 Å². The van der Waals surface area contributed by atoms with Gasteiger partial charge in [0.05, 0.1) is 0 Å². The van der Waals surface area contributed by atoms with Crippen LogP contribution >= 0.6 is 0 Å². The normalized spacial score (nSPS) is 19.5. The Hall–Kier alpha value is -2.88. The summed E-state index contributed by atoms with van der Waals surface area (Å²) in [6, 6.07) is 21.4. The number of likely N-dealkylation sites (tertiary alicyclic amines) is 1. The minimum atomic E-state index is 0.103. The molecule has 0 unspecified atom stereocenters. The average Bonchev–Trinajstić information content (AvgIpc) is 3.24. The van der Waals surface area contributed by atoms with E-state index in [1.807, 2.05) is 11.1 Å². The van der Waals surface area contributed by atoms with E-state index in [4.69, 9.17) is 4.98 Å². The van der Waals surface area contributed by atoms with Gasteiger partial charge in [-0.05, 0) is 42.7 Å². The number of rotatable bonds is 4. The molecule has 4 nitrogen and oxygen atoms in total. The van der Waals surface area contributed by atoms with E-state index in [0.29, 0.717) is 17.5 Å². The summed E-state index contributed by atoms with van der Waals surface area (Å²) in [5, 5.41) is 0. The highest BCUT2D eigenvalue weighted by molar-refractivity contribution is 5.92. The molecule has 2 aromatic carbocycles. The maximum Gasteiger partial charge on any atom is 0.274 e. The van der Waals surface area contributed by atoms with Crippen molar-refractivity contribution in [2.45, 2.75) is 44.6 Å². The lowest BCUT2D eigenvalue weighted by atomic mass is 9.90. The Morgan fingerprint density at radius 1 is 0.933 bits per heavy atom. The number of imidazole rings is 1. The highest BCUT2D eigenvalue weighted by atomic mass is 16.2. The summed E-state index contributed by atoms with van der Waals surface area (Å²) in [6.07, 6.45) is 7.28. The highest BCUT2D eigenvalue weighted by Crippen LogP contribution is 2.29. The smallest absolute Gasteiger partial charge is 0.274 e. The first-order chi connectivity index (χ1) is 14.8. The quantitative estimate of drug-likeness (QED) is 0.637. The standard InChI is InChI=1S/C26H29N3O/c30-26(28-15-13-21(14-16-28)17-20-7-3-1-4-8-20)24-19-29-18-23(11-12-25(29)27-24)22-9-5-2-6-10-22/h1-10,19,21,23H,11-18H2/t23-/m0/s1. The molecule has 1 aromatic heterocycles. The van der Waals surface area contributed by atoms with E-state index < -0.39 is 0 Å². The van der Waals surface area contributed by atoms with Gasteiger partial charge in [-0.15, -0.1) is 0 Å². The first-order valence-corrected chi connectivity index (χ1v) is 11.2. The summed E-state index contributed by atoms with van der Waals surface area (Å²) in [7, 11) is 0. The van der Waals surface area contributed by atoms with E-state index in [-0.39, 0.29) is 5.91 Å². The molecule has 0 aliphatic carbocycles. The summed E-state index contributed by atoms with van der Waals surface area (Å²) in [5.41, 5.74) is 3.41. The van der Waals surface area contributed by atoms with Crippen LogP contribution in [0.2, 0.25) is 0 Å². The van der Waals surface area contributed by atoms with Crippen LogP contribution in [0.4, 0.5) is 0 Å². The molecule has 1 atom stereocenters. The summed E-state index contributed by atoms with van der Waals surface area (Å²) < 4.78 is 2.20. The third-order valence-corrected chi connectivity index (χ3v) is 6.75. The molecule has 0 N–H and O–H groups in total. The van der Waals surface area contributed by atoms with Crippen LogP contribution in [0.3, 0.4) is 0 Å². The van der Waals surface area contributed by atoms with E-state index in [0.717, 1.165) is 57.6 Å². The Kier molecular flexibility index (Phi) is 5.39. The number of nitrogens with zero attached hydrogens (tertiary/aromatic N) is 3. The number of hydrogen-bond acceptors (Lipinski definition) is 2. The second kappa shape index (κ2) is 8.47. The Morgan fingerprint density at radius 3 is 2.37 bits per heavy atom. The predicted molar refractivity (Wildman–Crippen MR) is 119 cm³/mol. The fourth-order valence-electron chi connectivity index (χ4n) is 4.99. The molecular weight excluding hydrogens is 370 g/mol. The molecule has 1 fully saturated rings. The van der Waals surface area contributed by atoms with Gasteiger partial charge in [-0.1, -0.05) is 60.7 Å². The number of hydrogen-bond donors (Lipinski definition) is 0. The van der Waals surface area contributed by atoms with Crippen LogP contribution in [0.1, 0.15) is 52.6 Å². The van der Waals surface area contributed by atoms with Crippen molar-refractivity contribution >= 4 is 5.91 Å². The van der Waals surface area contributed by atoms with Gasteiger partial charge < -0.3 is 9.47 Å². The Balaban J connectivity index is 1.20. The predicted octanol–water partition coefficient (Wildman–Crippen LogP) is 4.71. The molecule has 3 heterocycles. The first-order valence-electron chi connectivity index (χ1n) is 11.2. The minimum Gasteiger partial charge on any atom is -0.337 e. The maximum absolute atomic E-state index is 13.1. The molecule has 5 rings (SSSR count). The van der Waals surface area contributed by atoms with Gasteiger partial charge >= 0.3 is 0 Å². The van der Waals surface area contributed by atoms with Gasteiger partial charge in [0, 0.05) is 38.2 Å². The van der Waals surface area contributed by atoms with Crippen molar-refractivity contribution in [3.8, 4) is 0 Å². The Labute approximate surface area is 178 Å². The van der Waals surface area contributed by atoms with Crippen LogP contribution in [0.25, 0.3) is 0 Å². The largest absolute Gasteiger partial charge is 0.337 e. The zero-order valence-corrected chi connectivity index (χ0v) is 17.4. The second-order valence-electron chi connectivity index (χ2n) is 8.77. The molecule has 3 aromatic rings. The minimum absolute atomic E-state index is 0.103. The lowest BCUT2D eigenvalue weighted by Crippen LogP contribution is -2.39. The van der Waals surface area contributed by atoms with Crippen LogP contribution in [0.5, 0.6) is 0 Å². The number of benzene rings is 2. The molecule has 1 amide bonds. The van der Waals surface area contributed by atoms with E-state index in [1.165, 1.54) is 11.1 Å². The third kappa shape index (κ3) is 4.04. The Morgan fingerprint density at radius 2 is 1.63 bits per heavy atom. The Bertz CT molecular complexity index is 988. The number of carbonyl (C=O) groups excluding carboxylic acids is 1. The first kappa shape index (κ1) is 19.1. The number of piperidine rings is 1. The van der Waals surface area contributed by atoms with E-state index in [1.54, 1.807) is 0 Å². The molecule has 4 heteroatoms. The van der Waals surface area contributed by atoms with Crippen molar-refractivity contribution in [2.75, 3.05) is 13.1 Å².